The lowest BCUT2D eigenvalue weighted by atomic mass is 9.99. The van der Waals surface area contributed by atoms with E-state index in [1.807, 2.05) is 0 Å². The first-order valence-corrected chi connectivity index (χ1v) is 18.3. The highest BCUT2D eigenvalue weighted by Gasteiger charge is 2.22. The topological polar surface area (TPSA) is 19.7 Å². The van der Waals surface area contributed by atoms with Gasteiger partial charge in [0.15, 0.2) is 0 Å². The average molecular weight is 546 g/mol. The smallest absolute Gasteiger partial charge is 0.247 e. The van der Waals surface area contributed by atoms with Gasteiger partial charge in [-0.3, -0.25) is 0 Å². The van der Waals surface area contributed by atoms with Crippen LogP contribution in [0.1, 0.15) is 225 Å². The summed E-state index contributed by atoms with van der Waals surface area (Å²) in [6.07, 6.45) is 44.5. The predicted octanol–water partition coefficient (Wildman–Crippen LogP) is 12.9. The molecule has 1 rings (SSSR count). The molecule has 1 aromatic heterocycles. The molecule has 230 valence electrons. The van der Waals surface area contributed by atoms with Gasteiger partial charge in [-0.05, 0) is 26.2 Å². The maximum absolute atomic E-state index is 3.60. The molecule has 0 aliphatic heterocycles. The minimum atomic E-state index is 0.619. The number of imidazole rings is 1. The predicted molar refractivity (Wildman–Crippen MR) is 175 cm³/mol. The SMILES string of the molecule is CCCCCCCCCCCCCCCC(C)c1[nH]cc[n+]1C(C)CCCCCCCCCCCCCCC. The fourth-order valence-electron chi connectivity index (χ4n) is 6.34. The molecule has 1 aromatic rings. The summed E-state index contributed by atoms with van der Waals surface area (Å²) in [5.41, 5.74) is 0. The second kappa shape index (κ2) is 27.4. The summed E-state index contributed by atoms with van der Waals surface area (Å²) in [6, 6.07) is 0.619. The molecule has 1 heterocycles. The van der Waals surface area contributed by atoms with Gasteiger partial charge >= 0.3 is 0 Å². The van der Waals surface area contributed by atoms with Crippen LogP contribution in [-0.4, -0.2) is 4.98 Å². The Balaban J connectivity index is 2.00. The third-order valence-electron chi connectivity index (χ3n) is 9.15. The van der Waals surface area contributed by atoms with E-state index in [1.54, 1.807) is 0 Å². The third-order valence-corrected chi connectivity index (χ3v) is 9.15. The van der Waals surface area contributed by atoms with Crippen molar-refractivity contribution in [3.05, 3.63) is 18.2 Å². The molecule has 0 bridgehead atoms. The van der Waals surface area contributed by atoms with Crippen molar-refractivity contribution in [3.8, 4) is 0 Å². The lowest BCUT2D eigenvalue weighted by molar-refractivity contribution is -0.727. The van der Waals surface area contributed by atoms with Crippen LogP contribution < -0.4 is 4.57 Å². The zero-order valence-electron chi connectivity index (χ0n) is 27.6. The Morgan fingerprint density at radius 2 is 0.821 bits per heavy atom. The molecule has 0 aliphatic carbocycles. The Kier molecular flexibility index (Phi) is 25.4. The zero-order chi connectivity index (χ0) is 28.2. The molecule has 0 aliphatic rings. The van der Waals surface area contributed by atoms with Crippen molar-refractivity contribution < 1.29 is 4.57 Å². The molecule has 2 nitrogen and oxygen atoms in total. The van der Waals surface area contributed by atoms with Crippen LogP contribution in [0, 0.1) is 0 Å². The summed E-state index contributed by atoms with van der Waals surface area (Å²) in [5.74, 6) is 2.10. The lowest BCUT2D eigenvalue weighted by Gasteiger charge is -2.14. The molecular weight excluding hydrogens is 472 g/mol. The van der Waals surface area contributed by atoms with Crippen molar-refractivity contribution in [2.45, 2.75) is 219 Å². The van der Waals surface area contributed by atoms with Crippen LogP contribution in [0.2, 0.25) is 0 Å². The number of aromatic nitrogens is 2. The number of hydrogen-bond donors (Lipinski definition) is 1. The summed E-state index contributed by atoms with van der Waals surface area (Å²) in [6.45, 7) is 9.47. The third kappa shape index (κ3) is 20.7. The first kappa shape index (κ1) is 36.2. The summed E-state index contributed by atoms with van der Waals surface area (Å²) < 4.78 is 2.55. The van der Waals surface area contributed by atoms with E-state index in [2.05, 4.69) is 49.6 Å². The molecule has 2 atom stereocenters. The molecule has 0 amide bonds. The standard InChI is InChI=1S/C37H72N2/c1-5-7-9-11-13-15-17-19-21-23-25-27-29-31-35(3)37-38-33-34-39(37)36(4)32-30-28-26-24-22-20-18-16-14-12-10-8-6-2/h33-36H,5-32H2,1-4H3/p+1. The monoisotopic (exact) mass is 546 g/mol. The van der Waals surface area contributed by atoms with Crippen molar-refractivity contribution in [3.63, 3.8) is 0 Å². The molecule has 0 saturated heterocycles. The van der Waals surface area contributed by atoms with Crippen LogP contribution in [0.25, 0.3) is 0 Å². The van der Waals surface area contributed by atoms with Gasteiger partial charge in [0.1, 0.15) is 12.4 Å². The van der Waals surface area contributed by atoms with E-state index in [1.165, 1.54) is 186 Å². The Hall–Kier alpha value is -0.790. The lowest BCUT2D eigenvalue weighted by Crippen LogP contribution is -2.40. The van der Waals surface area contributed by atoms with Crippen LogP contribution >= 0.6 is 0 Å². The molecule has 0 fully saturated rings. The van der Waals surface area contributed by atoms with Gasteiger partial charge in [-0.25, -0.2) is 9.55 Å². The second-order valence-corrected chi connectivity index (χ2v) is 13.1. The van der Waals surface area contributed by atoms with E-state index in [9.17, 15) is 0 Å². The van der Waals surface area contributed by atoms with E-state index in [4.69, 9.17) is 0 Å². The van der Waals surface area contributed by atoms with E-state index in [0.29, 0.717) is 12.0 Å². The number of rotatable bonds is 30. The van der Waals surface area contributed by atoms with E-state index in [0.717, 1.165) is 0 Å². The average Bonchev–Trinajstić information content (AvgIpc) is 3.44. The number of hydrogen-bond acceptors (Lipinski definition) is 0. The number of H-pyrrole nitrogens is 1. The highest BCUT2D eigenvalue weighted by atomic mass is 15.1. The van der Waals surface area contributed by atoms with Gasteiger partial charge in [0.05, 0.1) is 12.0 Å². The van der Waals surface area contributed by atoms with Gasteiger partial charge in [0, 0.05) is 0 Å². The van der Waals surface area contributed by atoms with Crippen molar-refractivity contribution in [2.24, 2.45) is 0 Å². The van der Waals surface area contributed by atoms with Crippen LogP contribution in [-0.2, 0) is 0 Å². The molecule has 0 spiro atoms. The van der Waals surface area contributed by atoms with Crippen molar-refractivity contribution in [1.82, 2.24) is 4.98 Å². The number of nitrogens with zero attached hydrogens (tertiary/aromatic N) is 1. The van der Waals surface area contributed by atoms with Gasteiger partial charge in [-0.1, -0.05) is 181 Å². The minimum Gasteiger partial charge on any atom is -0.247 e. The number of unbranched alkanes of at least 4 members (excludes halogenated alkanes) is 24. The largest absolute Gasteiger partial charge is 0.257 e. The van der Waals surface area contributed by atoms with Crippen molar-refractivity contribution in [1.29, 1.82) is 0 Å². The van der Waals surface area contributed by atoms with Crippen LogP contribution in [0.5, 0.6) is 0 Å². The maximum atomic E-state index is 3.60. The van der Waals surface area contributed by atoms with E-state index in [-0.39, 0.29) is 0 Å². The Labute approximate surface area is 246 Å². The van der Waals surface area contributed by atoms with Crippen LogP contribution in [0.4, 0.5) is 0 Å². The zero-order valence-corrected chi connectivity index (χ0v) is 27.6. The molecule has 0 radical (unpaired) electrons. The summed E-state index contributed by atoms with van der Waals surface area (Å²) in [5, 5.41) is 0. The number of nitrogens with one attached hydrogen (secondary N) is 1. The maximum Gasteiger partial charge on any atom is 0.257 e. The summed E-state index contributed by atoms with van der Waals surface area (Å²) in [7, 11) is 0. The van der Waals surface area contributed by atoms with E-state index < -0.39 is 0 Å². The van der Waals surface area contributed by atoms with Gasteiger partial charge < -0.3 is 0 Å². The molecule has 1 N–H and O–H groups in total. The molecule has 39 heavy (non-hydrogen) atoms. The van der Waals surface area contributed by atoms with Crippen molar-refractivity contribution in [2.75, 3.05) is 0 Å². The highest BCUT2D eigenvalue weighted by Crippen LogP contribution is 2.21. The van der Waals surface area contributed by atoms with Crippen molar-refractivity contribution >= 4 is 0 Å². The van der Waals surface area contributed by atoms with E-state index >= 15 is 0 Å². The number of aromatic amines is 1. The summed E-state index contributed by atoms with van der Waals surface area (Å²) >= 11 is 0. The second-order valence-electron chi connectivity index (χ2n) is 13.1. The molecular formula is C37H73N2+. The Morgan fingerprint density at radius 3 is 1.21 bits per heavy atom. The van der Waals surface area contributed by atoms with Gasteiger partial charge in [-0.2, -0.15) is 0 Å². The molecule has 2 heteroatoms. The van der Waals surface area contributed by atoms with Gasteiger partial charge in [-0.15, -0.1) is 0 Å². The quantitative estimate of drug-likeness (QED) is 0.0732. The Morgan fingerprint density at radius 1 is 0.487 bits per heavy atom. The minimum absolute atomic E-state index is 0.619. The first-order chi connectivity index (χ1) is 19.2. The normalized spacial score (nSPS) is 13.2. The molecule has 2 unspecified atom stereocenters. The first-order valence-electron chi connectivity index (χ1n) is 18.3. The van der Waals surface area contributed by atoms with Crippen LogP contribution in [0.3, 0.4) is 0 Å². The molecule has 0 saturated carbocycles. The fourth-order valence-corrected chi connectivity index (χ4v) is 6.34. The fraction of sp³-hybridized carbons (Fsp3) is 0.919. The van der Waals surface area contributed by atoms with Gasteiger partial charge in [0.25, 0.3) is 5.82 Å². The van der Waals surface area contributed by atoms with Crippen LogP contribution in [0.15, 0.2) is 12.4 Å². The highest BCUT2D eigenvalue weighted by molar-refractivity contribution is 4.87. The Bertz CT molecular complexity index is 556. The van der Waals surface area contributed by atoms with Gasteiger partial charge in [0.2, 0.25) is 0 Å². The summed E-state index contributed by atoms with van der Waals surface area (Å²) in [4.78, 5) is 3.60. The molecule has 0 aromatic carbocycles.